The molecule has 0 amide bonds. The molecule has 0 saturated carbocycles. The summed E-state index contributed by atoms with van der Waals surface area (Å²) in [5.74, 6) is 0. The van der Waals surface area contributed by atoms with Crippen molar-refractivity contribution in [3.8, 4) is 0 Å². The number of hydrogen-bond donors (Lipinski definition) is 1. The maximum absolute atomic E-state index is 11.1. The van der Waals surface area contributed by atoms with Crippen molar-refractivity contribution in [2.45, 2.75) is 18.4 Å². The lowest BCUT2D eigenvalue weighted by Gasteiger charge is -2.36. The van der Waals surface area contributed by atoms with E-state index >= 15 is 0 Å². The standard InChI is InChI=1S/C21H20O/c1-21(18-13-7-3-8-14-18,19-15-9-4-10-16-19)20(22)17-11-5-2-6-12-17/h2-16,20,22H,1H3/t20-/m0/s1. The Hall–Kier alpha value is -2.38. The number of aliphatic hydroxyl groups is 1. The van der Waals surface area contributed by atoms with Crippen LogP contribution in [-0.2, 0) is 5.41 Å². The second kappa shape index (κ2) is 6.17. The van der Waals surface area contributed by atoms with Gasteiger partial charge in [-0.2, -0.15) is 0 Å². The van der Waals surface area contributed by atoms with Crippen LogP contribution in [0.15, 0.2) is 91.0 Å². The molecule has 0 bridgehead atoms. The van der Waals surface area contributed by atoms with Gasteiger partial charge in [0.15, 0.2) is 0 Å². The summed E-state index contributed by atoms with van der Waals surface area (Å²) in [6.45, 7) is 2.11. The lowest BCUT2D eigenvalue weighted by atomic mass is 9.70. The van der Waals surface area contributed by atoms with E-state index in [-0.39, 0.29) is 0 Å². The van der Waals surface area contributed by atoms with Crippen LogP contribution in [0.2, 0.25) is 0 Å². The highest BCUT2D eigenvalue weighted by molar-refractivity contribution is 5.42. The summed E-state index contributed by atoms with van der Waals surface area (Å²) in [6.07, 6.45) is -0.613. The molecule has 0 saturated heterocycles. The zero-order valence-corrected chi connectivity index (χ0v) is 12.7. The van der Waals surface area contributed by atoms with Gasteiger partial charge in [-0.3, -0.25) is 0 Å². The summed E-state index contributed by atoms with van der Waals surface area (Å²) in [4.78, 5) is 0. The minimum atomic E-state index is -0.613. The second-order valence-corrected chi connectivity index (χ2v) is 5.75. The molecule has 1 nitrogen and oxygen atoms in total. The van der Waals surface area contributed by atoms with Gasteiger partial charge in [-0.1, -0.05) is 91.0 Å². The molecule has 0 aliphatic carbocycles. The minimum absolute atomic E-state index is 0.496. The molecule has 0 aromatic heterocycles. The van der Waals surface area contributed by atoms with Crippen LogP contribution in [-0.4, -0.2) is 5.11 Å². The summed E-state index contributed by atoms with van der Waals surface area (Å²) < 4.78 is 0. The fourth-order valence-corrected chi connectivity index (χ4v) is 3.02. The Kier molecular flexibility index (Phi) is 4.08. The zero-order chi connectivity index (χ0) is 15.4. The van der Waals surface area contributed by atoms with Crippen LogP contribution in [0.3, 0.4) is 0 Å². The van der Waals surface area contributed by atoms with Gasteiger partial charge < -0.3 is 5.11 Å². The topological polar surface area (TPSA) is 20.2 Å². The van der Waals surface area contributed by atoms with Crippen molar-refractivity contribution in [3.05, 3.63) is 108 Å². The Balaban J connectivity index is 2.16. The first-order chi connectivity index (χ1) is 10.7. The third kappa shape index (κ3) is 2.56. The lowest BCUT2D eigenvalue weighted by Crippen LogP contribution is -2.31. The highest BCUT2D eigenvalue weighted by Crippen LogP contribution is 2.42. The largest absolute Gasteiger partial charge is 0.387 e. The summed E-state index contributed by atoms with van der Waals surface area (Å²) in [5.41, 5.74) is 2.65. The van der Waals surface area contributed by atoms with E-state index in [0.29, 0.717) is 0 Å². The summed E-state index contributed by atoms with van der Waals surface area (Å²) >= 11 is 0. The van der Waals surface area contributed by atoms with E-state index in [9.17, 15) is 5.11 Å². The molecule has 1 atom stereocenters. The van der Waals surface area contributed by atoms with Crippen LogP contribution in [0.25, 0.3) is 0 Å². The Morgan fingerprint density at radius 1 is 0.636 bits per heavy atom. The smallest absolute Gasteiger partial charge is 0.0924 e. The van der Waals surface area contributed by atoms with Crippen molar-refractivity contribution in [1.29, 1.82) is 0 Å². The molecule has 0 spiro atoms. The molecule has 0 heterocycles. The average molecular weight is 288 g/mol. The second-order valence-electron chi connectivity index (χ2n) is 5.75. The van der Waals surface area contributed by atoms with E-state index in [4.69, 9.17) is 0 Å². The van der Waals surface area contributed by atoms with Crippen molar-refractivity contribution in [2.75, 3.05) is 0 Å². The average Bonchev–Trinajstić information content (AvgIpc) is 2.62. The third-order valence-corrected chi connectivity index (χ3v) is 4.41. The molecule has 0 unspecified atom stereocenters. The van der Waals surface area contributed by atoms with Crippen molar-refractivity contribution in [1.82, 2.24) is 0 Å². The first-order valence-electron chi connectivity index (χ1n) is 7.57. The molecule has 3 aromatic carbocycles. The molecule has 0 aliphatic rings. The molecule has 1 N–H and O–H groups in total. The summed E-state index contributed by atoms with van der Waals surface area (Å²) in [6, 6.07) is 30.3. The van der Waals surface area contributed by atoms with Crippen LogP contribution in [0.4, 0.5) is 0 Å². The first kappa shape index (κ1) is 14.6. The molecule has 22 heavy (non-hydrogen) atoms. The molecule has 3 aromatic rings. The number of benzene rings is 3. The SMILES string of the molecule is CC(c1ccccc1)(c1ccccc1)[C@@H](O)c1ccccc1. The van der Waals surface area contributed by atoms with E-state index in [1.54, 1.807) is 0 Å². The van der Waals surface area contributed by atoms with Crippen molar-refractivity contribution < 1.29 is 5.11 Å². The Labute approximate surface area is 131 Å². The van der Waals surface area contributed by atoms with E-state index in [0.717, 1.165) is 16.7 Å². The highest BCUT2D eigenvalue weighted by atomic mass is 16.3. The number of hydrogen-bond acceptors (Lipinski definition) is 1. The third-order valence-electron chi connectivity index (χ3n) is 4.41. The van der Waals surface area contributed by atoms with Gasteiger partial charge in [0.1, 0.15) is 0 Å². The van der Waals surface area contributed by atoms with Gasteiger partial charge in [0.2, 0.25) is 0 Å². The maximum Gasteiger partial charge on any atom is 0.0924 e. The van der Waals surface area contributed by atoms with Crippen molar-refractivity contribution in [2.24, 2.45) is 0 Å². The molecule has 0 aliphatic heterocycles. The first-order valence-corrected chi connectivity index (χ1v) is 7.57. The van der Waals surface area contributed by atoms with Crippen LogP contribution in [0.1, 0.15) is 29.7 Å². The van der Waals surface area contributed by atoms with E-state index in [2.05, 4.69) is 31.2 Å². The Bertz CT molecular complexity index is 665. The molecular formula is C21H20O. The predicted molar refractivity (Wildman–Crippen MR) is 90.7 cm³/mol. The Morgan fingerprint density at radius 3 is 1.41 bits per heavy atom. The van der Waals surface area contributed by atoms with Crippen LogP contribution in [0.5, 0.6) is 0 Å². The van der Waals surface area contributed by atoms with Gasteiger partial charge in [0.05, 0.1) is 6.10 Å². The minimum Gasteiger partial charge on any atom is -0.387 e. The molecule has 0 radical (unpaired) electrons. The monoisotopic (exact) mass is 288 g/mol. The molecule has 1 heteroatoms. The summed E-state index contributed by atoms with van der Waals surface area (Å²) in [5, 5.41) is 11.1. The maximum atomic E-state index is 11.1. The summed E-state index contributed by atoms with van der Waals surface area (Å²) in [7, 11) is 0. The lowest BCUT2D eigenvalue weighted by molar-refractivity contribution is 0.112. The van der Waals surface area contributed by atoms with E-state index in [1.807, 2.05) is 66.7 Å². The van der Waals surface area contributed by atoms with E-state index in [1.165, 1.54) is 0 Å². The predicted octanol–water partition coefficient (Wildman–Crippen LogP) is 4.73. The van der Waals surface area contributed by atoms with Crippen LogP contribution >= 0.6 is 0 Å². The fourth-order valence-electron chi connectivity index (χ4n) is 3.02. The molecule has 3 rings (SSSR count). The molecule has 0 fully saturated rings. The van der Waals surface area contributed by atoms with Gasteiger partial charge in [0.25, 0.3) is 0 Å². The number of aliphatic hydroxyl groups excluding tert-OH is 1. The van der Waals surface area contributed by atoms with Gasteiger partial charge in [-0.15, -0.1) is 0 Å². The van der Waals surface area contributed by atoms with Crippen molar-refractivity contribution >= 4 is 0 Å². The van der Waals surface area contributed by atoms with Gasteiger partial charge in [-0.05, 0) is 23.6 Å². The normalized spacial score (nSPS) is 12.8. The number of rotatable bonds is 4. The zero-order valence-electron chi connectivity index (χ0n) is 12.7. The van der Waals surface area contributed by atoms with Crippen molar-refractivity contribution in [3.63, 3.8) is 0 Å². The fraction of sp³-hybridized carbons (Fsp3) is 0.143. The Morgan fingerprint density at radius 2 is 1.00 bits per heavy atom. The van der Waals surface area contributed by atoms with Gasteiger partial charge in [-0.25, -0.2) is 0 Å². The molecule has 110 valence electrons. The highest BCUT2D eigenvalue weighted by Gasteiger charge is 2.37. The van der Waals surface area contributed by atoms with Gasteiger partial charge in [0, 0.05) is 5.41 Å². The van der Waals surface area contributed by atoms with Gasteiger partial charge >= 0.3 is 0 Å². The molecular weight excluding hydrogens is 268 g/mol. The van der Waals surface area contributed by atoms with E-state index < -0.39 is 11.5 Å². The quantitative estimate of drug-likeness (QED) is 0.736. The van der Waals surface area contributed by atoms with Crippen LogP contribution < -0.4 is 0 Å². The van der Waals surface area contributed by atoms with Crippen LogP contribution in [0, 0.1) is 0 Å².